The second-order valence-corrected chi connectivity index (χ2v) is 9.93. The highest BCUT2D eigenvalue weighted by atomic mass is 32.2. The van der Waals surface area contributed by atoms with Crippen molar-refractivity contribution in [2.45, 2.75) is 55.9 Å². The Balaban J connectivity index is 1.56. The van der Waals surface area contributed by atoms with Crippen LogP contribution in [0.2, 0.25) is 0 Å². The molecular weight excluding hydrogens is 398 g/mol. The molecule has 1 saturated carbocycles. The lowest BCUT2D eigenvalue weighted by Crippen LogP contribution is -2.26. The third-order valence-electron chi connectivity index (χ3n) is 4.93. The molecule has 9 heteroatoms. The molecule has 0 saturated heterocycles. The fraction of sp³-hybridized carbons (Fsp3) is 0.474. The van der Waals surface area contributed by atoms with Gasteiger partial charge in [-0.05, 0) is 56.7 Å². The molecule has 0 bridgehead atoms. The normalized spacial score (nSPS) is 16.9. The zero-order valence-corrected chi connectivity index (χ0v) is 17.3. The number of hydrogen-bond donors (Lipinski definition) is 2. The molecule has 2 aliphatic rings. The predicted molar refractivity (Wildman–Crippen MR) is 108 cm³/mol. The lowest BCUT2D eigenvalue weighted by molar-refractivity contribution is 0.102. The number of ether oxygens (including phenoxy) is 1. The van der Waals surface area contributed by atoms with Crippen molar-refractivity contribution in [3.63, 3.8) is 0 Å². The number of carbonyl (C=O) groups is 1. The first-order valence-electron chi connectivity index (χ1n) is 9.46. The SMILES string of the molecule is COc1ccc(C(=O)Nc2nc3c(s2)CCCCC3)cc1S(=O)(=O)NC1CC1. The van der Waals surface area contributed by atoms with Gasteiger partial charge in [0.25, 0.3) is 5.91 Å². The molecule has 2 N–H and O–H groups in total. The summed E-state index contributed by atoms with van der Waals surface area (Å²) in [4.78, 5) is 18.5. The van der Waals surface area contributed by atoms with Gasteiger partial charge in [0.2, 0.25) is 10.0 Å². The zero-order valence-electron chi connectivity index (χ0n) is 15.7. The Kier molecular flexibility index (Phi) is 5.39. The van der Waals surface area contributed by atoms with E-state index in [-0.39, 0.29) is 28.2 Å². The van der Waals surface area contributed by atoms with Gasteiger partial charge in [-0.2, -0.15) is 0 Å². The molecule has 2 aromatic rings. The van der Waals surface area contributed by atoms with Crippen molar-refractivity contribution in [1.29, 1.82) is 0 Å². The van der Waals surface area contributed by atoms with E-state index in [1.807, 2.05) is 0 Å². The summed E-state index contributed by atoms with van der Waals surface area (Å²) in [6, 6.07) is 4.39. The molecule has 1 amide bonds. The number of anilines is 1. The minimum absolute atomic E-state index is 0.0236. The van der Waals surface area contributed by atoms with Gasteiger partial charge < -0.3 is 4.74 Å². The Morgan fingerprint density at radius 1 is 1.21 bits per heavy atom. The molecule has 1 fully saturated rings. The van der Waals surface area contributed by atoms with Crippen LogP contribution < -0.4 is 14.8 Å². The van der Waals surface area contributed by atoms with E-state index in [9.17, 15) is 13.2 Å². The van der Waals surface area contributed by atoms with Crippen LogP contribution in [0.4, 0.5) is 5.13 Å². The highest BCUT2D eigenvalue weighted by Crippen LogP contribution is 2.31. The third kappa shape index (κ3) is 4.21. The Bertz CT molecular complexity index is 973. The molecule has 150 valence electrons. The van der Waals surface area contributed by atoms with E-state index in [0.717, 1.165) is 44.2 Å². The standard InChI is InChI=1S/C19H23N3O4S2/c1-26-15-10-7-12(11-17(15)28(24,25)22-13-8-9-13)18(23)21-19-20-14-5-3-2-4-6-16(14)27-19/h7,10-11,13,22H,2-6,8-9H2,1H3,(H,20,21,23). The number of amides is 1. The fourth-order valence-electron chi connectivity index (χ4n) is 3.26. The molecular formula is C19H23N3O4S2. The Morgan fingerprint density at radius 2 is 2.00 bits per heavy atom. The van der Waals surface area contributed by atoms with Gasteiger partial charge in [0.15, 0.2) is 5.13 Å². The summed E-state index contributed by atoms with van der Waals surface area (Å²) in [6.07, 6.45) is 7.09. The molecule has 0 radical (unpaired) electrons. The average Bonchev–Trinajstić information content (AvgIpc) is 3.44. The summed E-state index contributed by atoms with van der Waals surface area (Å²) in [5.74, 6) is -0.167. The van der Waals surface area contributed by atoms with Gasteiger partial charge >= 0.3 is 0 Å². The van der Waals surface area contributed by atoms with E-state index >= 15 is 0 Å². The number of sulfonamides is 1. The molecule has 0 spiro atoms. The van der Waals surface area contributed by atoms with Crippen LogP contribution in [0, 0.1) is 0 Å². The topological polar surface area (TPSA) is 97.4 Å². The number of nitrogens with one attached hydrogen (secondary N) is 2. The van der Waals surface area contributed by atoms with Crippen LogP contribution in [0.5, 0.6) is 5.75 Å². The van der Waals surface area contributed by atoms with E-state index in [0.29, 0.717) is 5.13 Å². The van der Waals surface area contributed by atoms with Crippen molar-refractivity contribution in [2.75, 3.05) is 12.4 Å². The lowest BCUT2D eigenvalue weighted by atomic mass is 10.2. The fourth-order valence-corrected chi connectivity index (χ4v) is 5.81. The lowest BCUT2D eigenvalue weighted by Gasteiger charge is -2.12. The number of hydrogen-bond acceptors (Lipinski definition) is 6. The molecule has 7 nitrogen and oxygen atoms in total. The van der Waals surface area contributed by atoms with Gasteiger partial charge in [0.1, 0.15) is 10.6 Å². The summed E-state index contributed by atoms with van der Waals surface area (Å²) >= 11 is 1.51. The maximum Gasteiger partial charge on any atom is 0.257 e. The zero-order chi connectivity index (χ0) is 19.7. The monoisotopic (exact) mass is 421 g/mol. The van der Waals surface area contributed by atoms with Gasteiger partial charge in [-0.3, -0.25) is 10.1 Å². The van der Waals surface area contributed by atoms with Crippen molar-refractivity contribution in [3.8, 4) is 5.75 Å². The molecule has 28 heavy (non-hydrogen) atoms. The number of carbonyl (C=O) groups excluding carboxylic acids is 1. The molecule has 0 unspecified atom stereocenters. The molecule has 0 aliphatic heterocycles. The van der Waals surface area contributed by atoms with Crippen LogP contribution in [0.15, 0.2) is 23.1 Å². The Labute approximate surface area is 168 Å². The first-order chi connectivity index (χ1) is 13.5. The average molecular weight is 422 g/mol. The Morgan fingerprint density at radius 3 is 2.75 bits per heavy atom. The van der Waals surface area contributed by atoms with Crippen LogP contribution >= 0.6 is 11.3 Å². The van der Waals surface area contributed by atoms with Crippen LogP contribution in [-0.2, 0) is 22.9 Å². The first kappa shape index (κ1) is 19.4. The van der Waals surface area contributed by atoms with E-state index in [1.165, 1.54) is 41.9 Å². The minimum Gasteiger partial charge on any atom is -0.495 e. The summed E-state index contributed by atoms with van der Waals surface area (Å²) in [5.41, 5.74) is 1.33. The van der Waals surface area contributed by atoms with E-state index in [1.54, 1.807) is 6.07 Å². The van der Waals surface area contributed by atoms with Gasteiger partial charge in [-0.15, -0.1) is 11.3 Å². The minimum atomic E-state index is -3.74. The van der Waals surface area contributed by atoms with Crippen LogP contribution in [-0.4, -0.2) is 32.5 Å². The second kappa shape index (κ2) is 7.81. The maximum absolute atomic E-state index is 12.7. The van der Waals surface area contributed by atoms with Crippen LogP contribution in [0.1, 0.15) is 53.0 Å². The van der Waals surface area contributed by atoms with Crippen molar-refractivity contribution < 1.29 is 17.9 Å². The number of benzene rings is 1. The van der Waals surface area contributed by atoms with Crippen LogP contribution in [0.25, 0.3) is 0 Å². The van der Waals surface area contributed by atoms with Gasteiger partial charge in [-0.25, -0.2) is 18.1 Å². The van der Waals surface area contributed by atoms with Crippen molar-refractivity contribution in [1.82, 2.24) is 9.71 Å². The molecule has 1 aromatic carbocycles. The van der Waals surface area contributed by atoms with E-state index < -0.39 is 10.0 Å². The number of thiazole rings is 1. The molecule has 1 aromatic heterocycles. The number of nitrogens with zero attached hydrogens (tertiary/aromatic N) is 1. The quantitative estimate of drug-likeness (QED) is 0.699. The van der Waals surface area contributed by atoms with Gasteiger partial charge in [0, 0.05) is 16.5 Å². The van der Waals surface area contributed by atoms with Crippen molar-refractivity contribution in [2.24, 2.45) is 0 Å². The maximum atomic E-state index is 12.7. The largest absolute Gasteiger partial charge is 0.495 e. The highest BCUT2D eigenvalue weighted by molar-refractivity contribution is 7.89. The second-order valence-electron chi connectivity index (χ2n) is 7.16. The number of rotatable bonds is 6. The third-order valence-corrected chi connectivity index (χ3v) is 7.55. The summed E-state index contributed by atoms with van der Waals surface area (Å²) in [6.45, 7) is 0. The number of aromatic nitrogens is 1. The molecule has 0 atom stereocenters. The number of fused-ring (bicyclic) bond motifs is 1. The highest BCUT2D eigenvalue weighted by Gasteiger charge is 2.30. The smallest absolute Gasteiger partial charge is 0.257 e. The van der Waals surface area contributed by atoms with E-state index in [4.69, 9.17) is 4.74 Å². The van der Waals surface area contributed by atoms with Crippen LogP contribution in [0.3, 0.4) is 0 Å². The molecule has 2 aliphatic carbocycles. The first-order valence-corrected chi connectivity index (χ1v) is 11.8. The summed E-state index contributed by atoms with van der Waals surface area (Å²) < 4.78 is 33.1. The van der Waals surface area contributed by atoms with Crippen molar-refractivity contribution >= 4 is 32.4 Å². The summed E-state index contributed by atoms with van der Waals surface area (Å²) in [7, 11) is -2.33. The van der Waals surface area contributed by atoms with E-state index in [2.05, 4.69) is 15.0 Å². The number of methoxy groups -OCH3 is 1. The molecule has 4 rings (SSSR count). The Hall–Kier alpha value is -1.97. The number of aryl methyl sites for hydroxylation is 2. The van der Waals surface area contributed by atoms with Gasteiger partial charge in [-0.1, -0.05) is 6.42 Å². The predicted octanol–water partition coefficient (Wildman–Crippen LogP) is 3.11. The van der Waals surface area contributed by atoms with Gasteiger partial charge in [0.05, 0.1) is 12.8 Å². The van der Waals surface area contributed by atoms with Crippen molar-refractivity contribution in [3.05, 3.63) is 34.3 Å². The summed E-state index contributed by atoms with van der Waals surface area (Å²) in [5, 5.41) is 3.38. The molecule has 1 heterocycles.